The van der Waals surface area contributed by atoms with Crippen LogP contribution in [0.4, 0.5) is 0 Å². The molecule has 2 nitrogen and oxygen atoms in total. The third kappa shape index (κ3) is 2.94. The average molecular weight is 204 g/mol. The molecule has 0 unspecified atom stereocenters. The van der Waals surface area contributed by atoms with Gasteiger partial charge in [-0.2, -0.15) is 0 Å². The van der Waals surface area contributed by atoms with Crippen molar-refractivity contribution in [1.82, 2.24) is 0 Å². The molecule has 0 bridgehead atoms. The van der Waals surface area contributed by atoms with Crippen LogP contribution in [0.15, 0.2) is 30.3 Å². The van der Waals surface area contributed by atoms with Gasteiger partial charge in [0.2, 0.25) is 0 Å². The van der Waals surface area contributed by atoms with E-state index in [-0.39, 0.29) is 0 Å². The Labute approximate surface area is 90.6 Å². The first-order valence-corrected chi connectivity index (χ1v) is 4.98. The molecule has 80 valence electrons. The van der Waals surface area contributed by atoms with Gasteiger partial charge in [-0.15, -0.1) is 0 Å². The molecule has 0 amide bonds. The van der Waals surface area contributed by atoms with Crippen LogP contribution in [-0.2, 0) is 4.79 Å². The van der Waals surface area contributed by atoms with E-state index in [1.54, 1.807) is 13.2 Å². The maximum atomic E-state index is 10.5. The number of aldehydes is 1. The molecule has 15 heavy (non-hydrogen) atoms. The smallest absolute Gasteiger partial charge is 0.143 e. The zero-order chi connectivity index (χ0) is 11.3. The lowest BCUT2D eigenvalue weighted by molar-refractivity contribution is -0.104. The Balaban J connectivity index is 3.02. The SMILES string of the molecule is COc1ccc(/C(=C\C=O)C(C)C)cc1. The predicted molar refractivity (Wildman–Crippen MR) is 61.9 cm³/mol. The Morgan fingerprint density at radius 3 is 2.27 bits per heavy atom. The van der Waals surface area contributed by atoms with Gasteiger partial charge in [0.1, 0.15) is 12.0 Å². The molecule has 0 fully saturated rings. The van der Waals surface area contributed by atoms with E-state index in [0.29, 0.717) is 5.92 Å². The van der Waals surface area contributed by atoms with Gasteiger partial charge in [0.05, 0.1) is 7.11 Å². The molecule has 0 aliphatic rings. The summed E-state index contributed by atoms with van der Waals surface area (Å²) in [4.78, 5) is 10.5. The third-order valence-corrected chi connectivity index (χ3v) is 2.29. The van der Waals surface area contributed by atoms with Crippen LogP contribution in [0, 0.1) is 5.92 Å². The highest BCUT2D eigenvalue weighted by atomic mass is 16.5. The molecule has 0 saturated carbocycles. The van der Waals surface area contributed by atoms with Gasteiger partial charge < -0.3 is 4.74 Å². The second-order valence-electron chi connectivity index (χ2n) is 3.64. The normalized spacial score (nSPS) is 11.6. The number of allylic oxidation sites excluding steroid dienone is 2. The molecule has 0 saturated heterocycles. The molecule has 0 spiro atoms. The van der Waals surface area contributed by atoms with E-state index in [2.05, 4.69) is 13.8 Å². The lowest BCUT2D eigenvalue weighted by Gasteiger charge is -2.11. The minimum absolute atomic E-state index is 0.337. The number of benzene rings is 1. The maximum Gasteiger partial charge on any atom is 0.143 e. The van der Waals surface area contributed by atoms with E-state index in [0.717, 1.165) is 23.2 Å². The topological polar surface area (TPSA) is 26.3 Å². The summed E-state index contributed by atoms with van der Waals surface area (Å²) >= 11 is 0. The van der Waals surface area contributed by atoms with E-state index in [1.807, 2.05) is 24.3 Å². The van der Waals surface area contributed by atoms with Crippen molar-refractivity contribution in [2.45, 2.75) is 13.8 Å². The number of rotatable bonds is 4. The average Bonchev–Trinajstić information content (AvgIpc) is 2.26. The molecule has 0 aliphatic heterocycles. The summed E-state index contributed by atoms with van der Waals surface area (Å²) < 4.78 is 5.08. The Kier molecular flexibility index (Phi) is 4.10. The van der Waals surface area contributed by atoms with Crippen molar-refractivity contribution >= 4 is 11.9 Å². The van der Waals surface area contributed by atoms with Gasteiger partial charge in [-0.1, -0.05) is 26.0 Å². The molecule has 0 heterocycles. The number of carbonyl (C=O) groups is 1. The summed E-state index contributed by atoms with van der Waals surface area (Å²) in [5.41, 5.74) is 2.12. The molecular formula is C13H16O2. The minimum atomic E-state index is 0.337. The first-order chi connectivity index (χ1) is 7.19. The minimum Gasteiger partial charge on any atom is -0.497 e. The lowest BCUT2D eigenvalue weighted by atomic mass is 9.95. The molecule has 0 atom stereocenters. The van der Waals surface area contributed by atoms with E-state index in [1.165, 1.54) is 0 Å². The zero-order valence-corrected chi connectivity index (χ0v) is 9.36. The summed E-state index contributed by atoms with van der Waals surface area (Å²) in [6, 6.07) is 7.73. The summed E-state index contributed by atoms with van der Waals surface area (Å²) in [6.45, 7) is 4.14. The molecule has 0 aromatic heterocycles. The van der Waals surface area contributed by atoms with Crippen LogP contribution in [0.3, 0.4) is 0 Å². The number of ether oxygens (including phenoxy) is 1. The highest BCUT2D eigenvalue weighted by Gasteiger charge is 2.05. The van der Waals surface area contributed by atoms with Gasteiger partial charge in [-0.3, -0.25) is 4.79 Å². The standard InChI is InChI=1S/C13H16O2/c1-10(2)13(8-9-14)11-4-6-12(15-3)7-5-11/h4-10H,1-3H3/b13-8-. The van der Waals surface area contributed by atoms with Crippen molar-refractivity contribution in [2.75, 3.05) is 7.11 Å². The van der Waals surface area contributed by atoms with Crippen molar-refractivity contribution in [1.29, 1.82) is 0 Å². The zero-order valence-electron chi connectivity index (χ0n) is 9.36. The van der Waals surface area contributed by atoms with Crippen LogP contribution in [0.1, 0.15) is 19.4 Å². The van der Waals surface area contributed by atoms with Gasteiger partial charge in [-0.25, -0.2) is 0 Å². The largest absolute Gasteiger partial charge is 0.497 e. The van der Waals surface area contributed by atoms with Crippen molar-refractivity contribution in [3.8, 4) is 5.75 Å². The highest BCUT2D eigenvalue weighted by molar-refractivity contribution is 5.82. The van der Waals surface area contributed by atoms with E-state index in [9.17, 15) is 4.79 Å². The highest BCUT2D eigenvalue weighted by Crippen LogP contribution is 2.24. The van der Waals surface area contributed by atoms with Crippen molar-refractivity contribution in [2.24, 2.45) is 5.92 Å². The molecular weight excluding hydrogens is 188 g/mol. The Morgan fingerprint density at radius 2 is 1.87 bits per heavy atom. The third-order valence-electron chi connectivity index (χ3n) is 2.29. The molecule has 1 rings (SSSR count). The quantitative estimate of drug-likeness (QED) is 0.556. The summed E-state index contributed by atoms with van der Waals surface area (Å²) in [6.07, 6.45) is 2.45. The molecule has 0 radical (unpaired) electrons. The van der Waals surface area contributed by atoms with Gasteiger partial charge in [-0.05, 0) is 35.3 Å². The van der Waals surface area contributed by atoms with Crippen molar-refractivity contribution in [3.05, 3.63) is 35.9 Å². The predicted octanol–water partition coefficient (Wildman–Crippen LogP) is 2.93. The van der Waals surface area contributed by atoms with Crippen molar-refractivity contribution < 1.29 is 9.53 Å². The van der Waals surface area contributed by atoms with Crippen LogP contribution in [0.5, 0.6) is 5.75 Å². The fourth-order valence-corrected chi connectivity index (χ4v) is 1.48. The Bertz CT molecular complexity index is 347. The van der Waals surface area contributed by atoms with Gasteiger partial charge in [0.25, 0.3) is 0 Å². The maximum absolute atomic E-state index is 10.5. The Hall–Kier alpha value is -1.57. The van der Waals surface area contributed by atoms with Gasteiger partial charge in [0, 0.05) is 0 Å². The van der Waals surface area contributed by atoms with Crippen molar-refractivity contribution in [3.63, 3.8) is 0 Å². The number of methoxy groups -OCH3 is 1. The number of hydrogen-bond donors (Lipinski definition) is 0. The first-order valence-electron chi connectivity index (χ1n) is 4.98. The second-order valence-corrected chi connectivity index (χ2v) is 3.64. The lowest BCUT2D eigenvalue weighted by Crippen LogP contribution is -1.94. The fourth-order valence-electron chi connectivity index (χ4n) is 1.48. The van der Waals surface area contributed by atoms with Crippen LogP contribution in [-0.4, -0.2) is 13.4 Å². The summed E-state index contributed by atoms with van der Waals surface area (Å²) in [5.74, 6) is 1.16. The van der Waals surface area contributed by atoms with E-state index in [4.69, 9.17) is 4.74 Å². The fraction of sp³-hybridized carbons (Fsp3) is 0.308. The molecule has 0 aliphatic carbocycles. The molecule has 2 heteroatoms. The number of carbonyl (C=O) groups excluding carboxylic acids is 1. The van der Waals surface area contributed by atoms with Gasteiger partial charge >= 0.3 is 0 Å². The van der Waals surface area contributed by atoms with Crippen LogP contribution >= 0.6 is 0 Å². The molecule has 0 N–H and O–H groups in total. The number of hydrogen-bond acceptors (Lipinski definition) is 2. The van der Waals surface area contributed by atoms with Crippen LogP contribution in [0.2, 0.25) is 0 Å². The van der Waals surface area contributed by atoms with E-state index < -0.39 is 0 Å². The monoisotopic (exact) mass is 204 g/mol. The summed E-state index contributed by atoms with van der Waals surface area (Å²) in [7, 11) is 1.64. The second kappa shape index (κ2) is 5.35. The van der Waals surface area contributed by atoms with E-state index >= 15 is 0 Å². The summed E-state index contributed by atoms with van der Waals surface area (Å²) in [5, 5.41) is 0. The molecule has 1 aromatic rings. The Morgan fingerprint density at radius 1 is 1.27 bits per heavy atom. The van der Waals surface area contributed by atoms with Crippen LogP contribution in [0.25, 0.3) is 5.57 Å². The van der Waals surface area contributed by atoms with Gasteiger partial charge in [0.15, 0.2) is 0 Å². The van der Waals surface area contributed by atoms with Crippen LogP contribution < -0.4 is 4.74 Å². The first kappa shape index (κ1) is 11.5. The molecule has 1 aromatic carbocycles.